The lowest BCUT2D eigenvalue weighted by atomic mass is 10.3. The molecule has 0 bridgehead atoms. The van der Waals surface area contributed by atoms with E-state index in [2.05, 4.69) is 21.6 Å². The van der Waals surface area contributed by atoms with Gasteiger partial charge in [0.1, 0.15) is 0 Å². The quantitative estimate of drug-likeness (QED) is 0.617. The van der Waals surface area contributed by atoms with E-state index in [9.17, 15) is 0 Å². The van der Waals surface area contributed by atoms with Crippen LogP contribution in [0.2, 0.25) is 0 Å². The molecule has 0 fully saturated rings. The summed E-state index contributed by atoms with van der Waals surface area (Å²) in [7, 11) is 0. The zero-order valence-electron chi connectivity index (χ0n) is 7.90. The molecule has 0 spiro atoms. The molecule has 2 rings (SSSR count). The monoisotopic (exact) mass is 205 g/mol. The summed E-state index contributed by atoms with van der Waals surface area (Å²) >= 11 is 1.61. The number of aromatic nitrogens is 1. The molecule has 0 aliphatic rings. The summed E-state index contributed by atoms with van der Waals surface area (Å²) in [6.07, 6.45) is 2.75. The number of rotatable bonds is 3. The second-order valence-corrected chi connectivity index (χ2v) is 3.85. The Balaban J connectivity index is 2.23. The summed E-state index contributed by atoms with van der Waals surface area (Å²) in [6.45, 7) is 2.05. The van der Waals surface area contributed by atoms with Crippen molar-refractivity contribution >= 4 is 32.9 Å². The van der Waals surface area contributed by atoms with Crippen LogP contribution in [0.5, 0.6) is 0 Å². The first kappa shape index (κ1) is 9.15. The summed E-state index contributed by atoms with van der Waals surface area (Å²) in [6, 6.07) is 8.06. The molecule has 4 heteroatoms. The molecule has 0 saturated heterocycles. The van der Waals surface area contributed by atoms with Crippen LogP contribution < -0.4 is 5.43 Å². The van der Waals surface area contributed by atoms with Gasteiger partial charge in [0, 0.05) is 6.21 Å². The third-order valence-corrected chi connectivity index (χ3v) is 2.67. The lowest BCUT2D eigenvalue weighted by Gasteiger charge is -1.89. The Morgan fingerprint density at radius 3 is 3.14 bits per heavy atom. The normalized spacial score (nSPS) is 11.2. The van der Waals surface area contributed by atoms with E-state index in [0.29, 0.717) is 0 Å². The van der Waals surface area contributed by atoms with Gasteiger partial charge in [0.25, 0.3) is 0 Å². The minimum Gasteiger partial charge on any atom is -0.253 e. The number of nitrogens with one attached hydrogen (secondary N) is 1. The molecule has 14 heavy (non-hydrogen) atoms. The first-order chi connectivity index (χ1) is 6.90. The summed E-state index contributed by atoms with van der Waals surface area (Å²) in [5.41, 5.74) is 3.93. The minimum absolute atomic E-state index is 0.843. The summed E-state index contributed by atoms with van der Waals surface area (Å²) in [5, 5.41) is 4.87. The van der Waals surface area contributed by atoms with Crippen molar-refractivity contribution in [3.8, 4) is 0 Å². The van der Waals surface area contributed by atoms with E-state index in [0.717, 1.165) is 17.1 Å². The van der Waals surface area contributed by atoms with Crippen molar-refractivity contribution < 1.29 is 0 Å². The highest BCUT2D eigenvalue weighted by molar-refractivity contribution is 7.22. The third-order valence-electron chi connectivity index (χ3n) is 1.73. The van der Waals surface area contributed by atoms with Crippen molar-refractivity contribution in [1.82, 2.24) is 4.98 Å². The second-order valence-electron chi connectivity index (χ2n) is 2.82. The number of thiazole rings is 1. The van der Waals surface area contributed by atoms with Crippen LogP contribution in [0.4, 0.5) is 5.13 Å². The highest BCUT2D eigenvalue weighted by Crippen LogP contribution is 2.24. The molecule has 1 aromatic heterocycles. The van der Waals surface area contributed by atoms with Gasteiger partial charge in [0.05, 0.1) is 10.2 Å². The molecule has 0 radical (unpaired) electrons. The van der Waals surface area contributed by atoms with Crippen LogP contribution in [0.25, 0.3) is 10.2 Å². The van der Waals surface area contributed by atoms with E-state index >= 15 is 0 Å². The standard InChI is InChI=1S/C10H11N3S/c1-2-7-11-13-10-12-8-5-3-4-6-9(8)14-10/h3-7H,2H2,1H3,(H,12,13)/b11-7-. The van der Waals surface area contributed by atoms with Crippen LogP contribution in [-0.2, 0) is 0 Å². The van der Waals surface area contributed by atoms with Crippen LogP contribution in [-0.4, -0.2) is 11.2 Å². The maximum absolute atomic E-state index is 4.38. The van der Waals surface area contributed by atoms with Crippen molar-refractivity contribution in [1.29, 1.82) is 0 Å². The van der Waals surface area contributed by atoms with Crippen molar-refractivity contribution in [2.45, 2.75) is 13.3 Å². The fourth-order valence-electron chi connectivity index (χ4n) is 1.11. The van der Waals surface area contributed by atoms with Crippen LogP contribution >= 0.6 is 11.3 Å². The van der Waals surface area contributed by atoms with Gasteiger partial charge in [-0.15, -0.1) is 0 Å². The molecule has 3 nitrogen and oxygen atoms in total. The van der Waals surface area contributed by atoms with Crippen molar-refractivity contribution in [2.24, 2.45) is 5.10 Å². The molecule has 1 aromatic carbocycles. The first-order valence-corrected chi connectivity index (χ1v) is 5.35. The second kappa shape index (κ2) is 4.19. The lowest BCUT2D eigenvalue weighted by molar-refractivity contribution is 1.25. The highest BCUT2D eigenvalue weighted by Gasteiger charge is 2.00. The number of hydrazone groups is 1. The topological polar surface area (TPSA) is 37.3 Å². The van der Waals surface area contributed by atoms with Gasteiger partial charge < -0.3 is 0 Å². The van der Waals surface area contributed by atoms with E-state index in [1.807, 2.05) is 31.3 Å². The van der Waals surface area contributed by atoms with Gasteiger partial charge in [-0.2, -0.15) is 5.10 Å². The molecule has 72 valence electrons. The number of hydrogen-bond acceptors (Lipinski definition) is 4. The van der Waals surface area contributed by atoms with E-state index in [1.54, 1.807) is 11.3 Å². The molecule has 2 aromatic rings. The molecule has 0 amide bonds. The van der Waals surface area contributed by atoms with Gasteiger partial charge in [-0.25, -0.2) is 4.98 Å². The van der Waals surface area contributed by atoms with Crippen molar-refractivity contribution in [3.63, 3.8) is 0 Å². The van der Waals surface area contributed by atoms with Gasteiger partial charge >= 0.3 is 0 Å². The molecule has 1 heterocycles. The number of anilines is 1. The summed E-state index contributed by atoms with van der Waals surface area (Å²) in [5.74, 6) is 0. The molecule has 0 saturated carbocycles. The third kappa shape index (κ3) is 1.90. The average Bonchev–Trinajstić information content (AvgIpc) is 2.60. The Morgan fingerprint density at radius 2 is 2.36 bits per heavy atom. The predicted octanol–water partition coefficient (Wildman–Crippen LogP) is 3.10. The number of hydrogen-bond donors (Lipinski definition) is 1. The SMILES string of the molecule is CC/C=N\Nc1nc2ccccc2s1. The highest BCUT2D eigenvalue weighted by atomic mass is 32.1. The Hall–Kier alpha value is -1.42. The largest absolute Gasteiger partial charge is 0.253 e. The molecule has 0 aliphatic heterocycles. The minimum atomic E-state index is 0.843. The first-order valence-electron chi connectivity index (χ1n) is 4.53. The number of benzene rings is 1. The Bertz CT molecular complexity index is 414. The van der Waals surface area contributed by atoms with Crippen molar-refractivity contribution in [3.05, 3.63) is 24.3 Å². The predicted molar refractivity (Wildman–Crippen MR) is 62.0 cm³/mol. The van der Waals surface area contributed by atoms with E-state index < -0.39 is 0 Å². The zero-order valence-corrected chi connectivity index (χ0v) is 8.71. The zero-order chi connectivity index (χ0) is 9.80. The maximum atomic E-state index is 4.38. The summed E-state index contributed by atoms with van der Waals surface area (Å²) in [4.78, 5) is 4.38. The molecule has 1 N–H and O–H groups in total. The molecular formula is C10H11N3S. The fourth-order valence-corrected chi connectivity index (χ4v) is 1.93. The molecule has 0 atom stereocenters. The van der Waals surface area contributed by atoms with Crippen LogP contribution in [0.15, 0.2) is 29.4 Å². The van der Waals surface area contributed by atoms with Crippen molar-refractivity contribution in [2.75, 3.05) is 5.43 Å². The van der Waals surface area contributed by atoms with Gasteiger partial charge in [-0.3, -0.25) is 5.43 Å². The summed E-state index contributed by atoms with van der Waals surface area (Å²) < 4.78 is 1.18. The lowest BCUT2D eigenvalue weighted by Crippen LogP contribution is -1.86. The van der Waals surface area contributed by atoms with Gasteiger partial charge in [-0.1, -0.05) is 30.4 Å². The fraction of sp³-hybridized carbons (Fsp3) is 0.200. The van der Waals surface area contributed by atoms with Crippen LogP contribution in [0, 0.1) is 0 Å². The Kier molecular flexibility index (Phi) is 2.74. The molecular weight excluding hydrogens is 194 g/mol. The van der Waals surface area contributed by atoms with Gasteiger partial charge in [0.15, 0.2) is 0 Å². The van der Waals surface area contributed by atoms with Gasteiger partial charge in [0.2, 0.25) is 5.13 Å². The Morgan fingerprint density at radius 1 is 1.50 bits per heavy atom. The maximum Gasteiger partial charge on any atom is 0.204 e. The van der Waals surface area contributed by atoms with Gasteiger partial charge in [-0.05, 0) is 18.6 Å². The Labute approximate surface area is 86.5 Å². The average molecular weight is 205 g/mol. The smallest absolute Gasteiger partial charge is 0.204 e. The van der Waals surface area contributed by atoms with Crippen LogP contribution in [0.3, 0.4) is 0 Å². The van der Waals surface area contributed by atoms with Crippen LogP contribution in [0.1, 0.15) is 13.3 Å². The number of fused-ring (bicyclic) bond motifs is 1. The van der Waals surface area contributed by atoms with E-state index in [-0.39, 0.29) is 0 Å². The number of para-hydroxylation sites is 1. The number of nitrogens with zero attached hydrogens (tertiary/aromatic N) is 2. The molecule has 0 aliphatic carbocycles. The van der Waals surface area contributed by atoms with E-state index in [1.165, 1.54) is 4.70 Å². The molecule has 0 unspecified atom stereocenters. The van der Waals surface area contributed by atoms with E-state index in [4.69, 9.17) is 0 Å².